The molecule has 2 atom stereocenters. The number of esters is 2. The van der Waals surface area contributed by atoms with Gasteiger partial charge in [-0.15, -0.1) is 0 Å². The van der Waals surface area contributed by atoms with Gasteiger partial charge < -0.3 is 18.9 Å². The van der Waals surface area contributed by atoms with Gasteiger partial charge in [-0.05, 0) is 128 Å². The summed E-state index contributed by atoms with van der Waals surface area (Å²) in [5, 5.41) is 0. The fourth-order valence-electron chi connectivity index (χ4n) is 10.2. The van der Waals surface area contributed by atoms with E-state index in [9.17, 15) is 19.0 Å². The second-order valence-electron chi connectivity index (χ2n) is 26.3. The van der Waals surface area contributed by atoms with Crippen LogP contribution in [0.1, 0.15) is 309 Å². The van der Waals surface area contributed by atoms with Crippen LogP contribution < -0.4 is 0 Å². The van der Waals surface area contributed by atoms with Crippen LogP contribution in [0.5, 0.6) is 0 Å². The van der Waals surface area contributed by atoms with Crippen LogP contribution in [0.3, 0.4) is 0 Å². The van der Waals surface area contributed by atoms with Gasteiger partial charge in [0.2, 0.25) is 0 Å². The van der Waals surface area contributed by atoms with E-state index in [0.29, 0.717) is 17.4 Å². The van der Waals surface area contributed by atoms with Gasteiger partial charge in [0.1, 0.15) is 19.8 Å². The first-order valence-corrected chi connectivity index (χ1v) is 39.7. The predicted molar refractivity (Wildman–Crippen MR) is 408 cm³/mol. The Morgan fingerprint density at radius 2 is 0.606 bits per heavy atom. The minimum absolute atomic E-state index is 0.0160. The van der Waals surface area contributed by atoms with Gasteiger partial charge in [0, 0.05) is 12.8 Å². The summed E-state index contributed by atoms with van der Waals surface area (Å²) in [6, 6.07) is 0. The number of carbonyl (C=O) groups is 2. The van der Waals surface area contributed by atoms with Crippen molar-refractivity contribution in [2.45, 2.75) is 315 Å². The van der Waals surface area contributed by atoms with Crippen molar-refractivity contribution in [3.8, 4) is 0 Å². The maximum absolute atomic E-state index is 12.9. The van der Waals surface area contributed by atoms with E-state index < -0.39 is 26.5 Å². The van der Waals surface area contributed by atoms with Gasteiger partial charge in [-0.2, -0.15) is 0 Å². The number of hydrogen-bond donors (Lipinski definition) is 1. The topological polar surface area (TPSA) is 108 Å². The van der Waals surface area contributed by atoms with E-state index in [4.69, 9.17) is 18.5 Å². The summed E-state index contributed by atoms with van der Waals surface area (Å²) in [5.41, 5.74) is 0. The standard InChI is InChI=1S/C84H142NO8P/c1-6-8-10-12-14-16-18-20-22-24-26-28-30-32-34-36-38-40-41-42-43-45-46-48-50-52-54-56-58-60-62-64-66-68-70-72-74-76-83(86)90-80-82(81-92-94(88,89)91-79-78-85(3,4)5)93-84(87)77-75-73-71-69-67-65-63-61-59-57-55-53-51-49-47-44-39-37-35-33-31-29-27-25-23-21-19-17-15-13-11-9-7-2/h9,11,15,17-18,20-21,23-24,26-27,29-30,32-33,35,39,44,49,51,55,57,61,63,67,69,82H,6-8,10,12-14,16,19,22,25,28,31,34,36-38,40-43,45-48,50,52-54,56,58-60,62,64-66,68,70-81H2,1-5H3/p+1/b11-9-,17-15-,20-18-,23-21-,26-24-,29-27-,32-30-,35-33-,44-39-,51-49-,57-55-,63-61-,69-67-. The van der Waals surface area contributed by atoms with Crippen LogP contribution in [0.2, 0.25) is 0 Å². The van der Waals surface area contributed by atoms with Crippen LogP contribution in [-0.4, -0.2) is 74.9 Å². The Morgan fingerprint density at radius 1 is 0.340 bits per heavy atom. The number of likely N-dealkylation sites (N-methyl/N-ethyl adjacent to an activating group) is 1. The SMILES string of the molecule is CC/C=C\C/C=C\C/C=C\C/C=C\C/C=C\C/C=C\C/C=C\C/C=C\C/C=C\C/C=C\CCCCC(=O)OC(COC(=O)CCCCCCCCCCCCCCCCCCCCCCCC/C=C\C/C=C\C/C=C\CCCCCCC)COP(=O)(O)OCC[N+](C)(C)C. The number of nitrogens with zero attached hydrogens (tertiary/aromatic N) is 1. The molecule has 0 spiro atoms. The Labute approximate surface area is 579 Å². The second-order valence-corrected chi connectivity index (χ2v) is 27.8. The Bertz CT molecular complexity index is 2150. The third kappa shape index (κ3) is 76.6. The molecule has 536 valence electrons. The fourth-order valence-corrected chi connectivity index (χ4v) is 11.0. The van der Waals surface area contributed by atoms with E-state index in [0.717, 1.165) is 109 Å². The molecule has 0 fully saturated rings. The van der Waals surface area contributed by atoms with Crippen molar-refractivity contribution in [3.63, 3.8) is 0 Å². The third-order valence-electron chi connectivity index (χ3n) is 16.0. The molecule has 0 aromatic rings. The first kappa shape index (κ1) is 89.6. The largest absolute Gasteiger partial charge is 0.472 e. The molecule has 0 bridgehead atoms. The van der Waals surface area contributed by atoms with Crippen LogP contribution >= 0.6 is 7.82 Å². The van der Waals surface area contributed by atoms with Gasteiger partial charge >= 0.3 is 19.8 Å². The fraction of sp³-hybridized carbons (Fsp3) is 0.667. The smallest absolute Gasteiger partial charge is 0.462 e. The lowest BCUT2D eigenvalue weighted by atomic mass is 10.0. The number of unbranched alkanes of at least 4 members (excludes halogenated alkanes) is 29. The van der Waals surface area contributed by atoms with Crippen LogP contribution in [-0.2, 0) is 32.7 Å². The van der Waals surface area contributed by atoms with Crippen molar-refractivity contribution < 1.29 is 42.1 Å². The van der Waals surface area contributed by atoms with Crippen molar-refractivity contribution >= 4 is 19.8 Å². The third-order valence-corrected chi connectivity index (χ3v) is 17.0. The molecule has 94 heavy (non-hydrogen) atoms. The van der Waals surface area contributed by atoms with Crippen LogP contribution in [0.4, 0.5) is 0 Å². The molecule has 0 heterocycles. The van der Waals surface area contributed by atoms with Crippen LogP contribution in [0.25, 0.3) is 0 Å². The summed E-state index contributed by atoms with van der Waals surface area (Å²) < 4.78 is 34.7. The summed E-state index contributed by atoms with van der Waals surface area (Å²) in [6.07, 6.45) is 110. The van der Waals surface area contributed by atoms with E-state index in [1.807, 2.05) is 21.1 Å². The lowest BCUT2D eigenvalue weighted by Gasteiger charge is -2.24. The zero-order chi connectivity index (χ0) is 68.3. The number of allylic oxidation sites excluding steroid dienone is 26. The summed E-state index contributed by atoms with van der Waals surface area (Å²) in [4.78, 5) is 35.9. The lowest BCUT2D eigenvalue weighted by molar-refractivity contribution is -0.870. The van der Waals surface area contributed by atoms with Crippen molar-refractivity contribution in [1.82, 2.24) is 0 Å². The molecule has 0 amide bonds. The van der Waals surface area contributed by atoms with Gasteiger partial charge in [-0.3, -0.25) is 18.6 Å². The van der Waals surface area contributed by atoms with Gasteiger partial charge in [0.05, 0.1) is 27.7 Å². The Kier molecular flexibility index (Phi) is 69.5. The maximum atomic E-state index is 12.9. The molecule has 0 aliphatic heterocycles. The molecule has 1 N–H and O–H groups in total. The monoisotopic (exact) mass is 1330 g/mol. The molecule has 0 aromatic heterocycles. The molecule has 0 saturated heterocycles. The molecular weight excluding hydrogens is 1180 g/mol. The van der Waals surface area contributed by atoms with Crippen LogP contribution in [0, 0.1) is 0 Å². The Balaban J connectivity index is 4.09. The number of rotatable bonds is 69. The normalized spacial score (nSPS) is 14.0. The summed E-state index contributed by atoms with van der Waals surface area (Å²) >= 11 is 0. The van der Waals surface area contributed by atoms with Crippen molar-refractivity contribution in [3.05, 3.63) is 158 Å². The molecule has 0 aromatic carbocycles. The van der Waals surface area contributed by atoms with Crippen molar-refractivity contribution in [1.29, 1.82) is 0 Å². The molecular formula is C84H143NO8P+. The van der Waals surface area contributed by atoms with Crippen LogP contribution in [0.15, 0.2) is 158 Å². The number of quaternary nitrogens is 1. The number of hydrogen-bond acceptors (Lipinski definition) is 7. The average Bonchev–Trinajstić information content (AvgIpc) is 1.56. The Hall–Kier alpha value is -4.37. The molecule has 10 heteroatoms. The van der Waals surface area contributed by atoms with E-state index in [2.05, 4.69) is 172 Å². The minimum Gasteiger partial charge on any atom is -0.462 e. The number of carbonyl (C=O) groups excluding carboxylic acids is 2. The highest BCUT2D eigenvalue weighted by atomic mass is 31.2. The zero-order valence-electron chi connectivity index (χ0n) is 61.1. The van der Waals surface area contributed by atoms with E-state index in [1.165, 1.54) is 167 Å². The van der Waals surface area contributed by atoms with Gasteiger partial charge in [-0.1, -0.05) is 326 Å². The predicted octanol–water partition coefficient (Wildman–Crippen LogP) is 25.5. The maximum Gasteiger partial charge on any atom is 0.472 e. The van der Waals surface area contributed by atoms with Gasteiger partial charge in [0.25, 0.3) is 0 Å². The van der Waals surface area contributed by atoms with Gasteiger partial charge in [0.15, 0.2) is 6.10 Å². The molecule has 0 aliphatic rings. The zero-order valence-corrected chi connectivity index (χ0v) is 62.0. The number of phosphoric acid groups is 1. The summed E-state index contributed by atoms with van der Waals surface area (Å²) in [5.74, 6) is -0.850. The Morgan fingerprint density at radius 3 is 0.926 bits per heavy atom. The molecule has 0 aliphatic carbocycles. The summed E-state index contributed by atoms with van der Waals surface area (Å²) in [7, 11) is 1.44. The molecule has 0 saturated carbocycles. The number of phosphoric ester groups is 1. The summed E-state index contributed by atoms with van der Waals surface area (Å²) in [6.45, 7) is 4.27. The average molecular weight is 1330 g/mol. The van der Waals surface area contributed by atoms with E-state index in [1.54, 1.807) is 0 Å². The lowest BCUT2D eigenvalue weighted by Crippen LogP contribution is -2.37. The highest BCUT2D eigenvalue weighted by Gasteiger charge is 2.27. The van der Waals surface area contributed by atoms with E-state index in [-0.39, 0.29) is 32.0 Å². The molecule has 0 radical (unpaired) electrons. The number of ether oxygens (including phenoxy) is 2. The highest BCUT2D eigenvalue weighted by Crippen LogP contribution is 2.43. The molecule has 0 rings (SSSR count). The first-order chi connectivity index (χ1) is 46.0. The van der Waals surface area contributed by atoms with E-state index >= 15 is 0 Å². The first-order valence-electron chi connectivity index (χ1n) is 38.2. The second kappa shape index (κ2) is 72.9. The van der Waals surface area contributed by atoms with Crippen molar-refractivity contribution in [2.75, 3.05) is 47.5 Å². The molecule has 9 nitrogen and oxygen atoms in total. The highest BCUT2D eigenvalue weighted by molar-refractivity contribution is 7.47. The van der Waals surface area contributed by atoms with Crippen molar-refractivity contribution in [2.24, 2.45) is 0 Å². The quantitative estimate of drug-likeness (QED) is 0.0211. The molecule has 2 unspecified atom stereocenters. The minimum atomic E-state index is -4.42. The van der Waals surface area contributed by atoms with Gasteiger partial charge in [-0.25, -0.2) is 4.57 Å².